The molecular formula is C22H23N5O2. The molecule has 2 aromatic carbocycles. The van der Waals surface area contributed by atoms with E-state index >= 15 is 0 Å². The van der Waals surface area contributed by atoms with E-state index in [0.29, 0.717) is 30.3 Å². The number of para-hydroxylation sites is 1. The van der Waals surface area contributed by atoms with Crippen LogP contribution in [-0.2, 0) is 6.54 Å². The number of benzene rings is 2. The molecule has 3 aromatic rings. The van der Waals surface area contributed by atoms with Gasteiger partial charge in [0, 0.05) is 24.6 Å². The molecule has 0 unspecified atom stereocenters. The third kappa shape index (κ3) is 4.18. The van der Waals surface area contributed by atoms with E-state index in [1.807, 2.05) is 49.4 Å². The maximum absolute atomic E-state index is 12.8. The second-order valence-corrected chi connectivity index (χ2v) is 7.09. The van der Waals surface area contributed by atoms with Gasteiger partial charge in [-0.05, 0) is 49.6 Å². The van der Waals surface area contributed by atoms with Gasteiger partial charge in [-0.3, -0.25) is 9.59 Å². The van der Waals surface area contributed by atoms with Crippen molar-refractivity contribution in [3.8, 4) is 5.69 Å². The van der Waals surface area contributed by atoms with Crippen LogP contribution in [-0.4, -0.2) is 33.4 Å². The summed E-state index contributed by atoms with van der Waals surface area (Å²) in [5.74, 6) is -0.0629. The highest BCUT2D eigenvalue weighted by molar-refractivity contribution is 5.95. The van der Waals surface area contributed by atoms with Gasteiger partial charge in [0.15, 0.2) is 5.69 Å². The monoisotopic (exact) mass is 389 g/mol. The summed E-state index contributed by atoms with van der Waals surface area (Å²) < 4.78 is 1.77. The normalized spacial score (nSPS) is 13.1. The highest BCUT2D eigenvalue weighted by atomic mass is 16.2. The molecule has 0 bridgehead atoms. The zero-order valence-electron chi connectivity index (χ0n) is 16.3. The summed E-state index contributed by atoms with van der Waals surface area (Å²) in [5.41, 5.74) is 3.56. The molecule has 1 fully saturated rings. The summed E-state index contributed by atoms with van der Waals surface area (Å²) in [4.78, 5) is 24.8. The fraction of sp³-hybridized carbons (Fsp3) is 0.273. The predicted octanol–water partition coefficient (Wildman–Crippen LogP) is 2.82. The second kappa shape index (κ2) is 8.26. The number of carbonyl (C=O) groups is 2. The van der Waals surface area contributed by atoms with Gasteiger partial charge in [-0.2, -0.15) is 0 Å². The fourth-order valence-corrected chi connectivity index (χ4v) is 3.29. The van der Waals surface area contributed by atoms with Crippen LogP contribution in [0, 0.1) is 0 Å². The number of nitrogens with one attached hydrogen (secondary N) is 2. The van der Waals surface area contributed by atoms with Crippen LogP contribution >= 0.6 is 0 Å². The number of hydrogen-bond donors (Lipinski definition) is 2. The van der Waals surface area contributed by atoms with Crippen LogP contribution in [0.1, 0.15) is 57.8 Å². The first-order valence-corrected chi connectivity index (χ1v) is 9.83. The zero-order chi connectivity index (χ0) is 20.2. The Morgan fingerprint density at radius 2 is 1.83 bits per heavy atom. The lowest BCUT2D eigenvalue weighted by Crippen LogP contribution is -2.25. The quantitative estimate of drug-likeness (QED) is 0.650. The molecule has 1 aliphatic carbocycles. The number of aromatic nitrogens is 3. The van der Waals surface area contributed by atoms with Gasteiger partial charge in [-0.1, -0.05) is 35.5 Å². The lowest BCUT2D eigenvalue weighted by Gasteiger charge is -2.09. The smallest absolute Gasteiger partial charge is 0.274 e. The van der Waals surface area contributed by atoms with Crippen LogP contribution in [0.15, 0.2) is 54.6 Å². The molecule has 4 rings (SSSR count). The molecule has 148 valence electrons. The molecule has 0 spiro atoms. The molecule has 0 aliphatic heterocycles. The number of rotatable bonds is 7. The topological polar surface area (TPSA) is 88.9 Å². The molecule has 1 aromatic heterocycles. The molecule has 1 heterocycles. The summed E-state index contributed by atoms with van der Waals surface area (Å²) in [6.07, 6.45) is 2.07. The van der Waals surface area contributed by atoms with Crippen LogP contribution in [0.25, 0.3) is 5.69 Å². The average molecular weight is 389 g/mol. The van der Waals surface area contributed by atoms with Crippen molar-refractivity contribution >= 4 is 11.8 Å². The molecule has 2 N–H and O–H groups in total. The van der Waals surface area contributed by atoms with Crippen molar-refractivity contribution in [2.75, 3.05) is 6.54 Å². The fourth-order valence-electron chi connectivity index (χ4n) is 3.29. The molecule has 1 aliphatic rings. The van der Waals surface area contributed by atoms with E-state index in [1.54, 1.807) is 16.8 Å². The summed E-state index contributed by atoms with van der Waals surface area (Å²) in [5, 5.41) is 14.1. The highest BCUT2D eigenvalue weighted by Crippen LogP contribution is 2.41. The molecule has 2 amide bonds. The predicted molar refractivity (Wildman–Crippen MR) is 109 cm³/mol. The number of nitrogens with zero attached hydrogens (tertiary/aromatic N) is 3. The van der Waals surface area contributed by atoms with Gasteiger partial charge in [-0.15, -0.1) is 5.10 Å². The number of carbonyl (C=O) groups excluding carboxylic acids is 2. The van der Waals surface area contributed by atoms with Gasteiger partial charge in [-0.25, -0.2) is 4.68 Å². The minimum Gasteiger partial charge on any atom is -0.352 e. The minimum absolute atomic E-state index is 0.123. The molecule has 29 heavy (non-hydrogen) atoms. The first-order chi connectivity index (χ1) is 14.2. The molecule has 0 saturated heterocycles. The molecule has 0 atom stereocenters. The molecular weight excluding hydrogens is 366 g/mol. The van der Waals surface area contributed by atoms with Crippen molar-refractivity contribution in [1.29, 1.82) is 0 Å². The van der Waals surface area contributed by atoms with Crippen molar-refractivity contribution in [3.05, 3.63) is 77.1 Å². The van der Waals surface area contributed by atoms with Crippen LogP contribution < -0.4 is 10.6 Å². The molecule has 7 nitrogen and oxygen atoms in total. The van der Waals surface area contributed by atoms with Gasteiger partial charge < -0.3 is 10.6 Å². The van der Waals surface area contributed by atoms with E-state index in [-0.39, 0.29) is 11.8 Å². The van der Waals surface area contributed by atoms with E-state index in [2.05, 4.69) is 20.9 Å². The van der Waals surface area contributed by atoms with Crippen molar-refractivity contribution in [1.82, 2.24) is 25.6 Å². The molecule has 0 radical (unpaired) electrons. The summed E-state index contributed by atoms with van der Waals surface area (Å²) in [6.45, 7) is 2.76. The second-order valence-electron chi connectivity index (χ2n) is 7.09. The standard InChI is InChI=1S/C22H23N5O2/c1-2-23-21(28)17-8-6-7-15(13-17)14-24-22(29)19-20(16-11-12-16)27(26-25-19)18-9-4-3-5-10-18/h3-10,13,16H,2,11-12,14H2,1H3,(H,23,28)(H,24,29). The largest absolute Gasteiger partial charge is 0.352 e. The number of amides is 2. The minimum atomic E-state index is -0.252. The summed E-state index contributed by atoms with van der Waals surface area (Å²) >= 11 is 0. The summed E-state index contributed by atoms with van der Waals surface area (Å²) in [7, 11) is 0. The Morgan fingerprint density at radius 1 is 1.03 bits per heavy atom. The van der Waals surface area contributed by atoms with E-state index in [1.165, 1.54) is 0 Å². The van der Waals surface area contributed by atoms with Gasteiger partial charge in [0.25, 0.3) is 11.8 Å². The van der Waals surface area contributed by atoms with Gasteiger partial charge in [0.1, 0.15) is 0 Å². The Labute approximate surface area is 169 Å². The maximum atomic E-state index is 12.8. The van der Waals surface area contributed by atoms with Gasteiger partial charge in [0.2, 0.25) is 0 Å². The van der Waals surface area contributed by atoms with Crippen LogP contribution in [0.4, 0.5) is 0 Å². The van der Waals surface area contributed by atoms with Crippen LogP contribution in [0.5, 0.6) is 0 Å². The lowest BCUT2D eigenvalue weighted by atomic mass is 10.1. The number of hydrogen-bond acceptors (Lipinski definition) is 4. The van der Waals surface area contributed by atoms with Crippen molar-refractivity contribution < 1.29 is 9.59 Å². The van der Waals surface area contributed by atoms with E-state index in [0.717, 1.165) is 29.8 Å². The third-order valence-corrected chi connectivity index (χ3v) is 4.86. The Bertz CT molecular complexity index is 1020. The Hall–Kier alpha value is -3.48. The van der Waals surface area contributed by atoms with Crippen molar-refractivity contribution in [2.45, 2.75) is 32.2 Å². The first-order valence-electron chi connectivity index (χ1n) is 9.83. The van der Waals surface area contributed by atoms with Gasteiger partial charge in [0.05, 0.1) is 11.4 Å². The van der Waals surface area contributed by atoms with Crippen molar-refractivity contribution in [3.63, 3.8) is 0 Å². The van der Waals surface area contributed by atoms with E-state index in [9.17, 15) is 9.59 Å². The Kier molecular flexibility index (Phi) is 5.37. The maximum Gasteiger partial charge on any atom is 0.274 e. The highest BCUT2D eigenvalue weighted by Gasteiger charge is 2.34. The summed E-state index contributed by atoms with van der Waals surface area (Å²) in [6, 6.07) is 17.0. The van der Waals surface area contributed by atoms with Gasteiger partial charge >= 0.3 is 0 Å². The van der Waals surface area contributed by atoms with E-state index in [4.69, 9.17) is 0 Å². The third-order valence-electron chi connectivity index (χ3n) is 4.86. The SMILES string of the molecule is CCNC(=O)c1cccc(CNC(=O)c2nnn(-c3ccccc3)c2C2CC2)c1. The first kappa shape index (κ1) is 18.9. The zero-order valence-corrected chi connectivity index (χ0v) is 16.3. The van der Waals surface area contributed by atoms with Crippen molar-refractivity contribution in [2.24, 2.45) is 0 Å². The molecule has 7 heteroatoms. The lowest BCUT2D eigenvalue weighted by molar-refractivity contribution is 0.0942. The Morgan fingerprint density at radius 3 is 2.55 bits per heavy atom. The van der Waals surface area contributed by atoms with Crippen LogP contribution in [0.3, 0.4) is 0 Å². The van der Waals surface area contributed by atoms with E-state index < -0.39 is 0 Å². The van der Waals surface area contributed by atoms with Crippen LogP contribution in [0.2, 0.25) is 0 Å². The molecule has 1 saturated carbocycles. The Balaban J connectivity index is 1.51. The average Bonchev–Trinajstić information content (AvgIpc) is 3.50.